The average molecular weight is 321 g/mol. The normalized spacial score (nSPS) is 11.0. The maximum absolute atomic E-state index is 11.7. The van der Waals surface area contributed by atoms with Crippen LogP contribution >= 0.6 is 15.9 Å². The van der Waals surface area contributed by atoms with E-state index in [1.165, 1.54) is 6.07 Å². The fourth-order valence-electron chi connectivity index (χ4n) is 1.25. The highest BCUT2D eigenvalue weighted by Crippen LogP contribution is 2.21. The highest BCUT2D eigenvalue weighted by molar-refractivity contribution is 9.10. The molecule has 0 aliphatic rings. The summed E-state index contributed by atoms with van der Waals surface area (Å²) in [6.45, 7) is 2.27. The molecule has 0 saturated heterocycles. The van der Waals surface area contributed by atoms with Crippen molar-refractivity contribution in [1.82, 2.24) is 5.32 Å². The molecule has 0 fully saturated rings. The molecule has 0 atom stereocenters. The van der Waals surface area contributed by atoms with Gasteiger partial charge in [-0.3, -0.25) is 9.52 Å². The molecule has 0 aromatic heterocycles. The Labute approximate surface area is 109 Å². The van der Waals surface area contributed by atoms with Crippen LogP contribution in [-0.2, 0) is 10.0 Å². The van der Waals surface area contributed by atoms with Crippen molar-refractivity contribution in [3.05, 3.63) is 28.2 Å². The second kappa shape index (κ2) is 5.50. The lowest BCUT2D eigenvalue weighted by Crippen LogP contribution is -2.24. The molecule has 0 aliphatic carbocycles. The van der Waals surface area contributed by atoms with Crippen LogP contribution in [0.15, 0.2) is 22.7 Å². The lowest BCUT2D eigenvalue weighted by atomic mass is 10.1. The summed E-state index contributed by atoms with van der Waals surface area (Å²) in [5.74, 6) is -0.319. The first kappa shape index (κ1) is 14.0. The van der Waals surface area contributed by atoms with Crippen molar-refractivity contribution >= 4 is 37.5 Å². The molecule has 0 unspecified atom stereocenters. The Morgan fingerprint density at radius 3 is 2.59 bits per heavy atom. The maximum Gasteiger partial charge on any atom is 0.253 e. The topological polar surface area (TPSA) is 75.3 Å². The minimum Gasteiger partial charge on any atom is -0.352 e. The Bertz CT molecular complexity index is 528. The Morgan fingerprint density at radius 1 is 1.41 bits per heavy atom. The standard InChI is InChI=1S/C10H13BrN2O3S/c1-3-12-10(14)8-6-7(11)4-5-9(8)13-17(2,15)16/h4-6,13H,3H2,1-2H3,(H,12,14). The molecular weight excluding hydrogens is 308 g/mol. The molecule has 7 heteroatoms. The van der Waals surface area contributed by atoms with Crippen LogP contribution in [0.1, 0.15) is 17.3 Å². The number of carbonyl (C=O) groups is 1. The zero-order valence-electron chi connectivity index (χ0n) is 9.45. The van der Waals surface area contributed by atoms with Crippen LogP contribution in [0.3, 0.4) is 0 Å². The molecule has 0 heterocycles. The first-order chi connectivity index (χ1) is 7.83. The van der Waals surface area contributed by atoms with Gasteiger partial charge >= 0.3 is 0 Å². The molecule has 1 aromatic rings. The van der Waals surface area contributed by atoms with Gasteiger partial charge in [0, 0.05) is 11.0 Å². The Hall–Kier alpha value is -1.08. The summed E-state index contributed by atoms with van der Waals surface area (Å²) in [7, 11) is -3.41. The third kappa shape index (κ3) is 4.35. The van der Waals surface area contributed by atoms with Gasteiger partial charge in [0.25, 0.3) is 5.91 Å². The molecule has 1 aromatic carbocycles. The van der Waals surface area contributed by atoms with E-state index in [0.29, 0.717) is 11.0 Å². The zero-order valence-corrected chi connectivity index (χ0v) is 11.9. The van der Waals surface area contributed by atoms with Gasteiger partial charge in [0.05, 0.1) is 17.5 Å². The fourth-order valence-corrected chi connectivity index (χ4v) is 2.19. The molecule has 0 bridgehead atoms. The third-order valence-electron chi connectivity index (χ3n) is 1.86. The van der Waals surface area contributed by atoms with Gasteiger partial charge in [-0.2, -0.15) is 0 Å². The van der Waals surface area contributed by atoms with Gasteiger partial charge in [-0.1, -0.05) is 15.9 Å². The SMILES string of the molecule is CCNC(=O)c1cc(Br)ccc1NS(C)(=O)=O. The lowest BCUT2D eigenvalue weighted by Gasteiger charge is -2.10. The van der Waals surface area contributed by atoms with Crippen LogP contribution in [-0.4, -0.2) is 27.1 Å². The number of amides is 1. The van der Waals surface area contributed by atoms with E-state index in [-0.39, 0.29) is 17.2 Å². The number of benzene rings is 1. The molecule has 0 radical (unpaired) electrons. The molecule has 94 valence electrons. The molecule has 0 saturated carbocycles. The van der Waals surface area contributed by atoms with Crippen molar-refractivity contribution in [3.8, 4) is 0 Å². The van der Waals surface area contributed by atoms with Gasteiger partial charge in [-0.15, -0.1) is 0 Å². The molecule has 1 rings (SSSR count). The molecule has 0 aliphatic heterocycles. The van der Waals surface area contributed by atoms with Gasteiger partial charge < -0.3 is 5.32 Å². The zero-order chi connectivity index (χ0) is 13.1. The minimum absolute atomic E-state index is 0.265. The number of carbonyl (C=O) groups excluding carboxylic acids is 1. The summed E-state index contributed by atoms with van der Waals surface area (Å²) in [6, 6.07) is 4.77. The summed E-state index contributed by atoms with van der Waals surface area (Å²) in [5, 5.41) is 2.62. The smallest absolute Gasteiger partial charge is 0.253 e. The number of nitrogens with one attached hydrogen (secondary N) is 2. The summed E-state index contributed by atoms with van der Waals surface area (Å²) in [5.41, 5.74) is 0.549. The van der Waals surface area contributed by atoms with E-state index in [1.807, 2.05) is 0 Å². The quantitative estimate of drug-likeness (QED) is 0.884. The monoisotopic (exact) mass is 320 g/mol. The van der Waals surface area contributed by atoms with Gasteiger partial charge in [-0.25, -0.2) is 8.42 Å². The predicted molar refractivity (Wildman–Crippen MR) is 70.6 cm³/mol. The number of anilines is 1. The first-order valence-corrected chi connectivity index (χ1v) is 7.57. The van der Waals surface area contributed by atoms with Gasteiger partial charge in [-0.05, 0) is 25.1 Å². The van der Waals surface area contributed by atoms with Crippen LogP contribution in [0.25, 0.3) is 0 Å². The number of hydrogen-bond acceptors (Lipinski definition) is 3. The van der Waals surface area contributed by atoms with E-state index in [4.69, 9.17) is 0 Å². The van der Waals surface area contributed by atoms with Crippen molar-refractivity contribution in [2.45, 2.75) is 6.92 Å². The number of hydrogen-bond donors (Lipinski definition) is 2. The average Bonchev–Trinajstić information content (AvgIpc) is 2.19. The van der Waals surface area contributed by atoms with Crippen LogP contribution in [0.2, 0.25) is 0 Å². The van der Waals surface area contributed by atoms with E-state index < -0.39 is 10.0 Å². The summed E-state index contributed by atoms with van der Waals surface area (Å²) < 4.78 is 25.3. The van der Waals surface area contributed by atoms with Crippen molar-refractivity contribution in [2.24, 2.45) is 0 Å². The first-order valence-electron chi connectivity index (χ1n) is 4.89. The summed E-state index contributed by atoms with van der Waals surface area (Å²) >= 11 is 3.24. The van der Waals surface area contributed by atoms with Crippen molar-refractivity contribution < 1.29 is 13.2 Å². The Kier molecular flexibility index (Phi) is 4.53. The molecule has 5 nitrogen and oxygen atoms in total. The maximum atomic E-state index is 11.7. The van der Waals surface area contributed by atoms with E-state index >= 15 is 0 Å². The highest BCUT2D eigenvalue weighted by atomic mass is 79.9. The molecular formula is C10H13BrN2O3S. The van der Waals surface area contributed by atoms with Crippen LogP contribution in [0.5, 0.6) is 0 Å². The molecule has 1 amide bonds. The van der Waals surface area contributed by atoms with Gasteiger partial charge in [0.15, 0.2) is 0 Å². The Morgan fingerprint density at radius 2 is 2.06 bits per heavy atom. The second-order valence-corrected chi connectivity index (χ2v) is 6.09. The fraction of sp³-hybridized carbons (Fsp3) is 0.300. The molecule has 0 spiro atoms. The second-order valence-electron chi connectivity index (χ2n) is 3.42. The van der Waals surface area contributed by atoms with E-state index in [2.05, 4.69) is 26.0 Å². The van der Waals surface area contributed by atoms with Crippen LogP contribution in [0, 0.1) is 0 Å². The largest absolute Gasteiger partial charge is 0.352 e. The van der Waals surface area contributed by atoms with Crippen molar-refractivity contribution in [1.29, 1.82) is 0 Å². The number of sulfonamides is 1. The van der Waals surface area contributed by atoms with Crippen LogP contribution < -0.4 is 10.0 Å². The predicted octanol–water partition coefficient (Wildman–Crippen LogP) is 1.57. The van der Waals surface area contributed by atoms with Crippen molar-refractivity contribution in [3.63, 3.8) is 0 Å². The lowest BCUT2D eigenvalue weighted by molar-refractivity contribution is 0.0956. The molecule has 17 heavy (non-hydrogen) atoms. The van der Waals surface area contributed by atoms with Gasteiger partial charge in [0.2, 0.25) is 10.0 Å². The van der Waals surface area contributed by atoms with Crippen LogP contribution in [0.4, 0.5) is 5.69 Å². The van der Waals surface area contributed by atoms with E-state index in [1.54, 1.807) is 19.1 Å². The summed E-state index contributed by atoms with van der Waals surface area (Å²) in [6.07, 6.45) is 1.04. The van der Waals surface area contributed by atoms with Crippen molar-refractivity contribution in [2.75, 3.05) is 17.5 Å². The third-order valence-corrected chi connectivity index (χ3v) is 2.94. The van der Waals surface area contributed by atoms with E-state index in [0.717, 1.165) is 6.26 Å². The number of rotatable bonds is 4. The number of halogens is 1. The van der Waals surface area contributed by atoms with E-state index in [9.17, 15) is 13.2 Å². The Balaban J connectivity index is 3.17. The highest BCUT2D eigenvalue weighted by Gasteiger charge is 2.13. The molecule has 2 N–H and O–H groups in total. The summed E-state index contributed by atoms with van der Waals surface area (Å²) in [4.78, 5) is 11.7. The minimum atomic E-state index is -3.41. The van der Waals surface area contributed by atoms with Gasteiger partial charge in [0.1, 0.15) is 0 Å².